The monoisotopic (exact) mass is 500 g/mol. The summed E-state index contributed by atoms with van der Waals surface area (Å²) in [6.45, 7) is 0. The number of nitrogens with one attached hydrogen (secondary N) is 2. The van der Waals surface area contributed by atoms with Crippen molar-refractivity contribution in [1.29, 1.82) is 0 Å². The number of carboxylic acid groups (broad SMARTS) is 1. The van der Waals surface area contributed by atoms with E-state index in [9.17, 15) is 9.59 Å². The predicted molar refractivity (Wildman–Crippen MR) is 119 cm³/mol. The van der Waals surface area contributed by atoms with E-state index < -0.39 is 11.9 Å². The maximum Gasteiger partial charge on any atom is 0.321 e. The Labute approximate surface area is 192 Å². The summed E-state index contributed by atoms with van der Waals surface area (Å²) >= 11 is 3.20. The Morgan fingerprint density at radius 2 is 1.81 bits per heavy atom. The number of hydrogen-bond acceptors (Lipinski definition) is 8. The summed E-state index contributed by atoms with van der Waals surface area (Å²) < 4.78 is 5.93. The van der Waals surface area contributed by atoms with Crippen LogP contribution in [0.15, 0.2) is 45.7 Å². The minimum atomic E-state index is -0.723. The molecule has 1 aliphatic rings. The van der Waals surface area contributed by atoms with Gasteiger partial charge in [-0.05, 0) is 71.1 Å². The lowest BCUT2D eigenvalue weighted by molar-refractivity contribution is -0.138. The van der Waals surface area contributed by atoms with Gasteiger partial charge in [-0.25, -0.2) is 9.97 Å². The van der Waals surface area contributed by atoms with Crippen LogP contribution in [0, 0.1) is 5.92 Å². The van der Waals surface area contributed by atoms with Gasteiger partial charge in [-0.3, -0.25) is 14.9 Å². The van der Waals surface area contributed by atoms with Crippen LogP contribution in [-0.4, -0.2) is 37.1 Å². The fraction of sp³-hybridized carbons (Fsp3) is 0.333. The van der Waals surface area contributed by atoms with Crippen LogP contribution in [0.5, 0.6) is 0 Å². The van der Waals surface area contributed by atoms with Crippen molar-refractivity contribution in [1.82, 2.24) is 20.2 Å². The number of halogens is 1. The Hall–Kier alpha value is -3.34. The van der Waals surface area contributed by atoms with Gasteiger partial charge in [0.2, 0.25) is 0 Å². The Balaban J connectivity index is 1.31. The van der Waals surface area contributed by atoms with Gasteiger partial charge in [0.15, 0.2) is 5.82 Å². The first-order valence-electron chi connectivity index (χ1n) is 10.2. The van der Waals surface area contributed by atoms with Crippen LogP contribution in [-0.2, 0) is 4.79 Å². The molecule has 1 saturated carbocycles. The molecule has 3 N–H and O–H groups in total. The van der Waals surface area contributed by atoms with E-state index in [1.807, 2.05) is 24.3 Å². The van der Waals surface area contributed by atoms with Gasteiger partial charge in [-0.2, -0.15) is 0 Å². The van der Waals surface area contributed by atoms with E-state index in [1.165, 1.54) is 18.0 Å². The van der Waals surface area contributed by atoms with Gasteiger partial charge in [0.05, 0.1) is 12.4 Å². The predicted octanol–water partition coefficient (Wildman–Crippen LogP) is 4.37. The zero-order valence-corrected chi connectivity index (χ0v) is 18.6. The first-order chi connectivity index (χ1) is 15.5. The second-order valence-electron chi connectivity index (χ2n) is 7.65. The number of benzene rings is 1. The van der Waals surface area contributed by atoms with Crippen molar-refractivity contribution in [3.8, 4) is 0 Å². The average molecular weight is 501 g/mol. The molecule has 3 aromatic rings. The third-order valence-corrected chi connectivity index (χ3v) is 5.83. The van der Waals surface area contributed by atoms with E-state index in [2.05, 4.69) is 46.7 Å². The van der Waals surface area contributed by atoms with Crippen LogP contribution in [0.3, 0.4) is 0 Å². The number of aliphatic carboxylic acids is 1. The third kappa shape index (κ3) is 5.67. The lowest BCUT2D eigenvalue weighted by atomic mass is 9.77. The summed E-state index contributed by atoms with van der Waals surface area (Å²) in [6, 6.07) is 7.68. The third-order valence-electron chi connectivity index (χ3n) is 5.42. The van der Waals surface area contributed by atoms with Gasteiger partial charge in [-0.15, -0.1) is 5.10 Å². The van der Waals surface area contributed by atoms with Crippen molar-refractivity contribution in [3.63, 3.8) is 0 Å². The number of carbonyl (C=O) groups excluding carboxylic acids is 1. The largest absolute Gasteiger partial charge is 0.481 e. The molecule has 0 atom stereocenters. The number of aromatic nitrogens is 4. The molecule has 10 nitrogen and oxygen atoms in total. The van der Waals surface area contributed by atoms with Crippen molar-refractivity contribution >= 4 is 45.3 Å². The molecule has 0 saturated heterocycles. The number of nitrogens with zero attached hydrogens (tertiary/aromatic N) is 4. The van der Waals surface area contributed by atoms with E-state index in [0.717, 1.165) is 25.7 Å². The Morgan fingerprint density at radius 3 is 2.47 bits per heavy atom. The zero-order valence-electron chi connectivity index (χ0n) is 17.0. The molecule has 2 aromatic heterocycles. The van der Waals surface area contributed by atoms with Gasteiger partial charge < -0.3 is 14.8 Å². The molecular weight excluding hydrogens is 480 g/mol. The second-order valence-corrected chi connectivity index (χ2v) is 8.47. The number of amides is 1. The Bertz CT molecular complexity index is 1080. The molecule has 1 aliphatic carbocycles. The first-order valence-corrected chi connectivity index (χ1v) is 11.0. The van der Waals surface area contributed by atoms with Gasteiger partial charge >= 0.3 is 23.8 Å². The summed E-state index contributed by atoms with van der Waals surface area (Å²) in [5.41, 5.74) is 1.81. The highest BCUT2D eigenvalue weighted by Crippen LogP contribution is 2.37. The summed E-state index contributed by atoms with van der Waals surface area (Å²) in [6.07, 6.45) is 7.05. The minimum absolute atomic E-state index is 0.0284. The van der Waals surface area contributed by atoms with E-state index in [4.69, 9.17) is 9.52 Å². The van der Waals surface area contributed by atoms with Crippen LogP contribution >= 0.6 is 15.9 Å². The second kappa shape index (κ2) is 9.86. The molecule has 0 spiro atoms. The maximum atomic E-state index is 12.4. The van der Waals surface area contributed by atoms with E-state index in [1.54, 1.807) is 0 Å². The highest BCUT2D eigenvalue weighted by molar-refractivity contribution is 9.10. The normalized spacial score (nSPS) is 18.2. The molecule has 0 radical (unpaired) electrons. The SMILES string of the molecule is O=C(O)CC1CCC(c2ccc(NC(=O)c3nnc(Nc4cnc(Br)cn4)o3)cc2)CC1. The molecule has 1 fully saturated rings. The average Bonchev–Trinajstić information content (AvgIpc) is 3.25. The van der Waals surface area contributed by atoms with Gasteiger partial charge in [0.1, 0.15) is 4.60 Å². The highest BCUT2D eigenvalue weighted by Gasteiger charge is 2.24. The molecule has 0 unspecified atom stereocenters. The van der Waals surface area contributed by atoms with Crippen molar-refractivity contribution in [3.05, 3.63) is 52.7 Å². The summed E-state index contributed by atoms with van der Waals surface area (Å²) in [7, 11) is 0. The number of carbonyl (C=O) groups is 2. The number of hydrogen-bond donors (Lipinski definition) is 3. The quantitative estimate of drug-likeness (QED) is 0.430. The Morgan fingerprint density at radius 1 is 1.06 bits per heavy atom. The maximum absolute atomic E-state index is 12.4. The van der Waals surface area contributed by atoms with Crippen molar-refractivity contribution in [2.45, 2.75) is 38.0 Å². The fourth-order valence-electron chi connectivity index (χ4n) is 3.82. The van der Waals surface area contributed by atoms with Gasteiger partial charge in [0.25, 0.3) is 0 Å². The van der Waals surface area contributed by atoms with Gasteiger partial charge in [0, 0.05) is 12.1 Å². The van der Waals surface area contributed by atoms with Gasteiger partial charge in [-0.1, -0.05) is 17.2 Å². The molecule has 11 heteroatoms. The number of carboxylic acids is 1. The molecule has 2 heterocycles. The summed E-state index contributed by atoms with van der Waals surface area (Å²) in [4.78, 5) is 31.4. The van der Waals surface area contributed by atoms with E-state index >= 15 is 0 Å². The standard InChI is InChI=1S/C21H21BrN6O4/c22-16-10-24-17(11-23-16)26-21-28-27-20(32-21)19(31)25-15-7-5-14(6-8-15)13-3-1-12(2-4-13)9-18(29)30/h5-8,10-13H,1-4,9H2,(H,25,31)(H,29,30)(H,24,26,28). The van der Waals surface area contributed by atoms with E-state index in [-0.39, 0.29) is 24.2 Å². The fourth-order valence-corrected chi connectivity index (χ4v) is 4.03. The molecule has 166 valence electrons. The molecular formula is C21H21BrN6O4. The number of anilines is 3. The van der Waals surface area contributed by atoms with Crippen LogP contribution in [0.4, 0.5) is 17.5 Å². The molecule has 0 aliphatic heterocycles. The summed E-state index contributed by atoms with van der Waals surface area (Å²) in [5.74, 6) is -0.341. The van der Waals surface area contributed by atoms with Crippen molar-refractivity contribution in [2.24, 2.45) is 5.92 Å². The van der Waals surface area contributed by atoms with E-state index in [0.29, 0.717) is 22.0 Å². The molecule has 1 amide bonds. The van der Waals surface area contributed by atoms with Crippen molar-refractivity contribution < 1.29 is 19.1 Å². The number of rotatable bonds is 7. The molecule has 0 bridgehead atoms. The summed E-state index contributed by atoms with van der Waals surface area (Å²) in [5, 5.41) is 22.0. The van der Waals surface area contributed by atoms with Crippen LogP contribution in [0.25, 0.3) is 0 Å². The van der Waals surface area contributed by atoms with Crippen molar-refractivity contribution in [2.75, 3.05) is 10.6 Å². The Kier molecular flexibility index (Phi) is 6.74. The van der Waals surface area contributed by atoms with Crippen LogP contribution in [0.1, 0.15) is 54.3 Å². The van der Waals surface area contributed by atoms with Crippen LogP contribution < -0.4 is 10.6 Å². The first kappa shape index (κ1) is 21.9. The smallest absolute Gasteiger partial charge is 0.321 e. The highest BCUT2D eigenvalue weighted by atomic mass is 79.9. The molecule has 1 aromatic carbocycles. The van der Waals surface area contributed by atoms with Crippen LogP contribution in [0.2, 0.25) is 0 Å². The minimum Gasteiger partial charge on any atom is -0.481 e. The molecule has 32 heavy (non-hydrogen) atoms. The zero-order chi connectivity index (χ0) is 22.5. The topological polar surface area (TPSA) is 143 Å². The lowest BCUT2D eigenvalue weighted by Crippen LogP contribution is -2.16. The molecule has 4 rings (SSSR count). The lowest BCUT2D eigenvalue weighted by Gasteiger charge is -2.28.